The number of fused-ring (bicyclic) bond motifs is 1. The summed E-state index contributed by atoms with van der Waals surface area (Å²) in [5.41, 5.74) is 2.64. The number of para-hydroxylation sites is 1. The van der Waals surface area contributed by atoms with Crippen LogP contribution in [0.15, 0.2) is 71.1 Å². The Balaban J connectivity index is 1.23. The van der Waals surface area contributed by atoms with Crippen molar-refractivity contribution in [3.63, 3.8) is 0 Å². The molecule has 1 aliphatic rings. The van der Waals surface area contributed by atoms with E-state index in [1.807, 2.05) is 12.1 Å². The molecule has 0 saturated carbocycles. The fourth-order valence-electron chi connectivity index (χ4n) is 4.30. The quantitative estimate of drug-likeness (QED) is 0.315. The molecule has 1 aliphatic heterocycles. The molecular formula is C27H23ClFN3O5. The molecule has 0 radical (unpaired) electrons. The van der Waals surface area contributed by atoms with E-state index < -0.39 is 18.2 Å². The van der Waals surface area contributed by atoms with Gasteiger partial charge in [0, 0.05) is 6.42 Å². The molecule has 1 saturated heterocycles. The number of hydrogen-bond donors (Lipinski definition) is 2. The number of carbonyl (C=O) groups is 2. The van der Waals surface area contributed by atoms with E-state index in [0.29, 0.717) is 33.1 Å². The van der Waals surface area contributed by atoms with E-state index in [-0.39, 0.29) is 43.5 Å². The van der Waals surface area contributed by atoms with Gasteiger partial charge in [0.1, 0.15) is 24.0 Å². The first-order chi connectivity index (χ1) is 17.9. The average molecular weight is 524 g/mol. The molecule has 2 heterocycles. The molecule has 1 aromatic heterocycles. The topological polar surface area (TPSA) is 105 Å². The number of benzene rings is 3. The Morgan fingerprint density at radius 2 is 1.95 bits per heavy atom. The first-order valence-corrected chi connectivity index (χ1v) is 12.0. The molecule has 2 N–H and O–H groups in total. The van der Waals surface area contributed by atoms with Crippen molar-refractivity contribution in [3.05, 3.63) is 82.9 Å². The summed E-state index contributed by atoms with van der Waals surface area (Å²) in [5, 5.41) is 12.6. The Bertz CT molecular complexity index is 1440. The zero-order chi connectivity index (χ0) is 25.9. The molecule has 0 spiro atoms. The highest BCUT2D eigenvalue weighted by Crippen LogP contribution is 2.28. The summed E-state index contributed by atoms with van der Waals surface area (Å²) >= 11 is 6.18. The van der Waals surface area contributed by atoms with Crippen molar-refractivity contribution in [2.45, 2.75) is 25.1 Å². The molecule has 10 heteroatoms. The van der Waals surface area contributed by atoms with E-state index in [2.05, 4.69) is 10.3 Å². The van der Waals surface area contributed by atoms with E-state index >= 15 is 0 Å². The van der Waals surface area contributed by atoms with Crippen molar-refractivity contribution in [1.29, 1.82) is 0 Å². The lowest BCUT2D eigenvalue weighted by atomic mass is 10.1. The van der Waals surface area contributed by atoms with Gasteiger partial charge in [0.15, 0.2) is 5.58 Å². The van der Waals surface area contributed by atoms with Crippen LogP contribution in [0.1, 0.15) is 22.3 Å². The van der Waals surface area contributed by atoms with Crippen LogP contribution in [0.5, 0.6) is 5.75 Å². The lowest BCUT2D eigenvalue weighted by Gasteiger charge is -2.24. The number of ether oxygens (including phenoxy) is 1. The second-order valence-corrected chi connectivity index (χ2v) is 9.18. The molecule has 4 aromatic rings. The predicted molar refractivity (Wildman–Crippen MR) is 136 cm³/mol. The van der Waals surface area contributed by atoms with Gasteiger partial charge in [-0.1, -0.05) is 29.8 Å². The van der Waals surface area contributed by atoms with Gasteiger partial charge in [-0.05, 0) is 54.1 Å². The number of nitrogens with one attached hydrogen (secondary N) is 1. The van der Waals surface area contributed by atoms with E-state index in [1.165, 1.54) is 17.0 Å². The maximum atomic E-state index is 14.3. The van der Waals surface area contributed by atoms with Crippen LogP contribution in [0.4, 0.5) is 16.1 Å². The summed E-state index contributed by atoms with van der Waals surface area (Å²) in [6.45, 7) is 0.109. The minimum Gasteiger partial charge on any atom is -0.491 e. The van der Waals surface area contributed by atoms with Crippen LogP contribution in [-0.2, 0) is 11.2 Å². The van der Waals surface area contributed by atoms with Crippen LogP contribution in [-0.4, -0.2) is 52.2 Å². The molecule has 0 aliphatic carbocycles. The number of rotatable bonds is 8. The molecule has 2 atom stereocenters. The highest BCUT2D eigenvalue weighted by atomic mass is 35.5. The van der Waals surface area contributed by atoms with Crippen molar-refractivity contribution in [3.8, 4) is 5.75 Å². The minimum atomic E-state index is -1.14. The third kappa shape index (κ3) is 5.67. The molecule has 3 aromatic carbocycles. The Morgan fingerprint density at radius 3 is 2.70 bits per heavy atom. The molecule has 37 heavy (non-hydrogen) atoms. The highest BCUT2D eigenvalue weighted by molar-refractivity contribution is 6.33. The monoisotopic (exact) mass is 523 g/mol. The van der Waals surface area contributed by atoms with Gasteiger partial charge in [-0.25, -0.2) is 9.18 Å². The number of halogens is 2. The Labute approximate surface area is 216 Å². The van der Waals surface area contributed by atoms with Gasteiger partial charge in [-0.15, -0.1) is 0 Å². The third-order valence-corrected chi connectivity index (χ3v) is 6.48. The zero-order valence-corrected chi connectivity index (χ0v) is 20.3. The van der Waals surface area contributed by atoms with Crippen LogP contribution in [0.25, 0.3) is 11.1 Å². The van der Waals surface area contributed by atoms with Gasteiger partial charge in [0.25, 0.3) is 6.01 Å². The molecule has 0 bridgehead atoms. The normalized spacial score (nSPS) is 17.2. The molecule has 1 fully saturated rings. The highest BCUT2D eigenvalue weighted by Gasteiger charge is 2.35. The summed E-state index contributed by atoms with van der Waals surface area (Å²) < 4.78 is 25.8. The Morgan fingerprint density at radius 1 is 1.16 bits per heavy atom. The fourth-order valence-corrected chi connectivity index (χ4v) is 4.48. The van der Waals surface area contributed by atoms with E-state index in [9.17, 15) is 14.0 Å². The van der Waals surface area contributed by atoms with E-state index in [4.69, 9.17) is 25.9 Å². The SMILES string of the molecule is O=C(O)c1ccc(OC[C@@H]2C[C@H](F)CN2C(=O)Cc2ccc3nc(Nc4ccccc4Cl)oc3c2)cc1. The van der Waals surface area contributed by atoms with Gasteiger partial charge >= 0.3 is 5.97 Å². The minimum absolute atomic E-state index is 0.00126. The summed E-state index contributed by atoms with van der Waals surface area (Å²) in [7, 11) is 0. The number of aromatic carboxylic acids is 1. The second kappa shape index (κ2) is 10.5. The van der Waals surface area contributed by atoms with Crippen LogP contribution in [0.3, 0.4) is 0 Å². The first kappa shape index (κ1) is 24.6. The van der Waals surface area contributed by atoms with E-state index in [0.717, 1.165) is 0 Å². The number of carboxylic acid groups (broad SMARTS) is 1. The first-order valence-electron chi connectivity index (χ1n) is 11.7. The molecule has 8 nitrogen and oxygen atoms in total. The van der Waals surface area contributed by atoms with Gasteiger partial charge < -0.3 is 24.5 Å². The van der Waals surface area contributed by atoms with Crippen molar-refractivity contribution in [2.24, 2.45) is 0 Å². The van der Waals surface area contributed by atoms with E-state index in [1.54, 1.807) is 42.5 Å². The van der Waals surface area contributed by atoms with Crippen molar-refractivity contribution >= 4 is 46.3 Å². The van der Waals surface area contributed by atoms with Gasteiger partial charge in [-0.2, -0.15) is 4.98 Å². The third-order valence-electron chi connectivity index (χ3n) is 6.15. The Hall–Kier alpha value is -4.11. The smallest absolute Gasteiger partial charge is 0.335 e. The summed E-state index contributed by atoms with van der Waals surface area (Å²) in [4.78, 5) is 30.0. The largest absolute Gasteiger partial charge is 0.491 e. The number of amides is 1. The van der Waals surface area contributed by atoms with Crippen molar-refractivity contribution < 1.29 is 28.2 Å². The number of hydrogen-bond acceptors (Lipinski definition) is 6. The average Bonchev–Trinajstić information content (AvgIpc) is 3.46. The van der Waals surface area contributed by atoms with Crippen LogP contribution in [0.2, 0.25) is 5.02 Å². The van der Waals surface area contributed by atoms with Gasteiger partial charge in [0.2, 0.25) is 5.91 Å². The fraction of sp³-hybridized carbons (Fsp3) is 0.222. The number of oxazole rings is 1. The lowest BCUT2D eigenvalue weighted by molar-refractivity contribution is -0.132. The van der Waals surface area contributed by atoms with Gasteiger partial charge in [-0.3, -0.25) is 4.79 Å². The molecule has 190 valence electrons. The number of alkyl halides is 1. The summed E-state index contributed by atoms with van der Waals surface area (Å²) in [6, 6.07) is 18.3. The molecule has 1 amide bonds. The summed E-state index contributed by atoms with van der Waals surface area (Å²) in [6.07, 6.45) is -0.889. The lowest BCUT2D eigenvalue weighted by Crippen LogP contribution is -2.40. The maximum Gasteiger partial charge on any atom is 0.335 e. The number of likely N-dealkylation sites (tertiary alicyclic amines) is 1. The molecular weight excluding hydrogens is 501 g/mol. The maximum absolute atomic E-state index is 14.3. The predicted octanol–water partition coefficient (Wildman–Crippen LogP) is 5.48. The number of carboxylic acids is 1. The second-order valence-electron chi connectivity index (χ2n) is 8.78. The van der Waals surface area contributed by atoms with Crippen LogP contribution < -0.4 is 10.1 Å². The Kier molecular flexibility index (Phi) is 6.96. The van der Waals surface area contributed by atoms with Gasteiger partial charge in [0.05, 0.1) is 35.3 Å². The molecule has 0 unspecified atom stereocenters. The number of carbonyl (C=O) groups excluding carboxylic acids is 1. The zero-order valence-electron chi connectivity index (χ0n) is 19.6. The molecule has 5 rings (SSSR count). The van der Waals surface area contributed by atoms with Crippen LogP contribution >= 0.6 is 11.6 Å². The van der Waals surface area contributed by atoms with Crippen molar-refractivity contribution in [1.82, 2.24) is 9.88 Å². The summed E-state index contributed by atoms with van der Waals surface area (Å²) in [5.74, 6) is -0.795. The van der Waals surface area contributed by atoms with Crippen molar-refractivity contribution in [2.75, 3.05) is 18.5 Å². The number of aromatic nitrogens is 1. The number of nitrogens with zero attached hydrogens (tertiary/aromatic N) is 2. The standard InChI is InChI=1S/C27H23ClFN3O5/c28-21-3-1-2-4-22(21)30-27-31-23-10-5-16(11-24(23)37-27)12-25(33)32-14-18(29)13-19(32)15-36-20-8-6-17(7-9-20)26(34)35/h1-11,18-19H,12-15H2,(H,30,31)(H,34,35)/t18-,19-/m0/s1. The van der Waals surface area contributed by atoms with Crippen LogP contribution in [0, 0.1) is 0 Å². The number of anilines is 2.